The highest BCUT2D eigenvalue weighted by molar-refractivity contribution is 7.99. The maximum atomic E-state index is 12.6. The summed E-state index contributed by atoms with van der Waals surface area (Å²) in [4.78, 5) is 23.8. The number of carbonyl (C=O) groups excluding carboxylic acids is 1. The van der Waals surface area contributed by atoms with E-state index in [1.807, 2.05) is 12.1 Å². The third kappa shape index (κ3) is 6.82. The van der Waals surface area contributed by atoms with Gasteiger partial charge in [-0.2, -0.15) is 0 Å². The summed E-state index contributed by atoms with van der Waals surface area (Å²) in [7, 11) is 0. The molecule has 1 aromatic heterocycles. The molecule has 2 fully saturated rings. The van der Waals surface area contributed by atoms with Crippen molar-refractivity contribution in [2.24, 2.45) is 0 Å². The molecule has 0 bridgehead atoms. The zero-order chi connectivity index (χ0) is 25.5. The van der Waals surface area contributed by atoms with E-state index in [9.17, 15) is 4.79 Å². The van der Waals surface area contributed by atoms with Gasteiger partial charge in [-0.05, 0) is 17.5 Å². The molecule has 0 atom stereocenters. The van der Waals surface area contributed by atoms with Gasteiger partial charge in [0, 0.05) is 44.5 Å². The van der Waals surface area contributed by atoms with Gasteiger partial charge in [0.25, 0.3) is 0 Å². The Balaban J connectivity index is 1.13. The molecule has 1 N–H and O–H groups in total. The summed E-state index contributed by atoms with van der Waals surface area (Å²) in [5, 5.41) is 3.93. The number of hydrogen-bond acceptors (Lipinski definition) is 7. The summed E-state index contributed by atoms with van der Waals surface area (Å²) in [6, 6.07) is 22.6. The Morgan fingerprint density at radius 1 is 1.00 bits per heavy atom. The lowest BCUT2D eigenvalue weighted by Gasteiger charge is -2.38. The number of hydrogen-bond donors (Lipinski definition) is 1. The Morgan fingerprint density at radius 2 is 1.62 bits per heavy atom. The molecular formula is C28H31ClN4O3S. The molecule has 9 heteroatoms. The minimum absolute atomic E-state index is 0.0505. The van der Waals surface area contributed by atoms with Gasteiger partial charge in [0.1, 0.15) is 11.0 Å². The topological polar surface area (TPSA) is 76.6 Å². The summed E-state index contributed by atoms with van der Waals surface area (Å²) in [5.41, 5.74) is 2.48. The zero-order valence-corrected chi connectivity index (χ0v) is 22.2. The molecule has 37 heavy (non-hydrogen) atoms. The lowest BCUT2D eigenvalue weighted by Crippen LogP contribution is -2.45. The fourth-order valence-electron chi connectivity index (χ4n) is 4.91. The minimum Gasteiger partial charge on any atom is -0.356 e. The Morgan fingerprint density at radius 3 is 2.24 bits per heavy atom. The predicted octanol–water partition coefficient (Wildman–Crippen LogP) is 4.90. The number of nitrogens with zero attached hydrogens (tertiary/aromatic N) is 3. The van der Waals surface area contributed by atoms with Crippen LogP contribution in [0.25, 0.3) is 0 Å². The van der Waals surface area contributed by atoms with Crippen molar-refractivity contribution in [3.63, 3.8) is 0 Å². The number of nitrogens with one attached hydrogen (secondary N) is 1. The van der Waals surface area contributed by atoms with Crippen molar-refractivity contribution in [3.8, 4) is 0 Å². The molecule has 3 heterocycles. The Bertz CT molecular complexity index is 1130. The molecule has 7 nitrogen and oxygen atoms in total. The zero-order valence-electron chi connectivity index (χ0n) is 20.6. The first-order chi connectivity index (χ1) is 18.1. The second kappa shape index (κ2) is 12.3. The van der Waals surface area contributed by atoms with E-state index < -0.39 is 5.79 Å². The van der Waals surface area contributed by atoms with Gasteiger partial charge in [0.15, 0.2) is 10.9 Å². The fourth-order valence-corrected chi connectivity index (χ4v) is 5.82. The van der Waals surface area contributed by atoms with E-state index in [2.05, 4.69) is 68.7 Å². The van der Waals surface area contributed by atoms with Crippen LogP contribution in [0.2, 0.25) is 5.15 Å². The van der Waals surface area contributed by atoms with Gasteiger partial charge >= 0.3 is 0 Å². The van der Waals surface area contributed by atoms with Gasteiger partial charge in [-0.15, -0.1) is 0 Å². The molecule has 0 unspecified atom stereocenters. The number of anilines is 1. The van der Waals surface area contributed by atoms with E-state index in [4.69, 9.17) is 21.1 Å². The summed E-state index contributed by atoms with van der Waals surface area (Å²) in [6.45, 7) is 3.42. The summed E-state index contributed by atoms with van der Waals surface area (Å²) < 4.78 is 11.6. The molecule has 2 aliphatic rings. The molecule has 2 saturated heterocycles. The van der Waals surface area contributed by atoms with Crippen LogP contribution in [0.1, 0.15) is 36.3 Å². The molecule has 2 aromatic carbocycles. The average molecular weight is 539 g/mol. The van der Waals surface area contributed by atoms with Crippen LogP contribution in [-0.4, -0.2) is 60.3 Å². The van der Waals surface area contributed by atoms with Crippen molar-refractivity contribution in [3.05, 3.63) is 83.0 Å². The standard InChI is InChI=1S/C28H31ClN4O3S/c29-24-19-25(33-15-12-28(13-16-33)35-17-18-36-28)32-27(31-24)37-20-26(34)30-14-11-23(21-7-3-1-4-8-21)22-9-5-2-6-10-22/h1-10,19,23H,11-18,20H2,(H,30,34). The lowest BCUT2D eigenvalue weighted by atomic mass is 9.88. The van der Waals surface area contributed by atoms with Crippen LogP contribution in [0.15, 0.2) is 71.9 Å². The van der Waals surface area contributed by atoms with Gasteiger partial charge in [0.05, 0.1) is 19.0 Å². The number of benzene rings is 2. The number of carbonyl (C=O) groups is 1. The van der Waals surface area contributed by atoms with Crippen molar-refractivity contribution >= 4 is 35.1 Å². The molecular weight excluding hydrogens is 508 g/mol. The van der Waals surface area contributed by atoms with E-state index in [1.54, 1.807) is 6.07 Å². The van der Waals surface area contributed by atoms with Crippen LogP contribution in [0, 0.1) is 0 Å². The number of rotatable bonds is 9. The van der Waals surface area contributed by atoms with Gasteiger partial charge in [-0.3, -0.25) is 4.79 Å². The number of ether oxygens (including phenoxy) is 2. The van der Waals surface area contributed by atoms with E-state index in [-0.39, 0.29) is 17.6 Å². The quantitative estimate of drug-likeness (QED) is 0.236. The number of halogens is 1. The predicted molar refractivity (Wildman–Crippen MR) is 146 cm³/mol. The Kier molecular flexibility index (Phi) is 8.61. The lowest BCUT2D eigenvalue weighted by molar-refractivity contribution is -0.169. The first-order valence-electron chi connectivity index (χ1n) is 12.7. The van der Waals surface area contributed by atoms with Crippen molar-refractivity contribution in [1.29, 1.82) is 0 Å². The monoisotopic (exact) mass is 538 g/mol. The second-order valence-corrected chi connectivity index (χ2v) is 10.6. The van der Waals surface area contributed by atoms with Crippen molar-refractivity contribution in [2.75, 3.05) is 43.5 Å². The molecule has 1 spiro atoms. The number of aromatic nitrogens is 2. The molecule has 5 rings (SSSR count). The Hall–Kier alpha value is -2.65. The first kappa shape index (κ1) is 26.0. The highest BCUT2D eigenvalue weighted by atomic mass is 35.5. The van der Waals surface area contributed by atoms with Gasteiger partial charge < -0.3 is 19.7 Å². The minimum atomic E-state index is -0.441. The summed E-state index contributed by atoms with van der Waals surface area (Å²) in [6.07, 6.45) is 2.38. The van der Waals surface area contributed by atoms with Crippen LogP contribution in [0.3, 0.4) is 0 Å². The maximum Gasteiger partial charge on any atom is 0.230 e. The molecule has 1 amide bonds. The number of piperidine rings is 1. The molecule has 194 valence electrons. The van der Waals surface area contributed by atoms with Gasteiger partial charge in [-0.1, -0.05) is 84.0 Å². The average Bonchev–Trinajstić information content (AvgIpc) is 3.39. The fraction of sp³-hybridized carbons (Fsp3) is 0.393. The van der Waals surface area contributed by atoms with E-state index in [1.165, 1.54) is 22.9 Å². The van der Waals surface area contributed by atoms with Crippen LogP contribution >= 0.6 is 23.4 Å². The first-order valence-corrected chi connectivity index (χ1v) is 14.0. The number of thioether (sulfide) groups is 1. The SMILES string of the molecule is O=C(CSc1nc(Cl)cc(N2CCC3(CC2)OCCO3)n1)NCCC(c1ccccc1)c1ccccc1. The second-order valence-electron chi connectivity index (χ2n) is 9.23. The largest absolute Gasteiger partial charge is 0.356 e. The van der Waals surface area contributed by atoms with Crippen molar-refractivity contribution < 1.29 is 14.3 Å². The highest BCUT2D eigenvalue weighted by Gasteiger charge is 2.40. The van der Waals surface area contributed by atoms with Crippen molar-refractivity contribution in [2.45, 2.75) is 36.1 Å². The third-order valence-electron chi connectivity index (χ3n) is 6.82. The van der Waals surface area contributed by atoms with Crippen LogP contribution in [0.4, 0.5) is 5.82 Å². The van der Waals surface area contributed by atoms with Crippen LogP contribution in [0.5, 0.6) is 0 Å². The van der Waals surface area contributed by atoms with E-state index in [0.717, 1.165) is 38.2 Å². The normalized spacial score (nSPS) is 16.9. The Labute approximate surface area is 226 Å². The van der Waals surface area contributed by atoms with Crippen LogP contribution < -0.4 is 10.2 Å². The van der Waals surface area contributed by atoms with E-state index >= 15 is 0 Å². The molecule has 2 aliphatic heterocycles. The molecule has 0 aliphatic carbocycles. The molecule has 3 aromatic rings. The van der Waals surface area contributed by atoms with Gasteiger partial charge in [-0.25, -0.2) is 9.97 Å². The smallest absolute Gasteiger partial charge is 0.230 e. The van der Waals surface area contributed by atoms with Crippen LogP contribution in [-0.2, 0) is 14.3 Å². The summed E-state index contributed by atoms with van der Waals surface area (Å²) in [5.74, 6) is 0.724. The third-order valence-corrected chi connectivity index (χ3v) is 7.86. The molecule has 0 saturated carbocycles. The maximum absolute atomic E-state index is 12.6. The number of amides is 1. The summed E-state index contributed by atoms with van der Waals surface area (Å²) >= 11 is 7.60. The van der Waals surface area contributed by atoms with Gasteiger partial charge in [0.2, 0.25) is 5.91 Å². The molecule has 0 radical (unpaired) electrons. The van der Waals surface area contributed by atoms with Crippen molar-refractivity contribution in [1.82, 2.24) is 15.3 Å². The highest BCUT2D eigenvalue weighted by Crippen LogP contribution is 2.33. The van der Waals surface area contributed by atoms with E-state index in [0.29, 0.717) is 30.1 Å².